The molecule has 2 aliphatic heterocycles. The van der Waals surface area contributed by atoms with Gasteiger partial charge in [0.1, 0.15) is 5.82 Å². The zero-order valence-electron chi connectivity index (χ0n) is 19.3. The summed E-state index contributed by atoms with van der Waals surface area (Å²) in [5.74, 6) is 1.90. The summed E-state index contributed by atoms with van der Waals surface area (Å²) in [6.45, 7) is 9.56. The summed E-state index contributed by atoms with van der Waals surface area (Å²) in [5, 5.41) is 3.07. The fraction of sp³-hybridized carbons (Fsp3) is 0.458. The van der Waals surface area contributed by atoms with E-state index in [9.17, 15) is 9.59 Å². The molecule has 33 heavy (non-hydrogen) atoms. The predicted molar refractivity (Wildman–Crippen MR) is 123 cm³/mol. The molecule has 0 unspecified atom stereocenters. The van der Waals surface area contributed by atoms with Crippen LogP contribution >= 0.6 is 0 Å². The first kappa shape index (κ1) is 22.7. The number of hydrogen-bond donors (Lipinski definition) is 1. The lowest BCUT2D eigenvalue weighted by Crippen LogP contribution is -2.53. The number of nitrogens with zero attached hydrogens (tertiary/aromatic N) is 3. The normalized spacial score (nSPS) is 15.4. The SMILES string of the molecule is CCOC(=O)c1ccc(N2CCN(C(=O)NCC(C)(C)c3ccc4c(c3)OCO4)CC2)nc1. The highest BCUT2D eigenvalue weighted by molar-refractivity contribution is 5.89. The van der Waals surface area contributed by atoms with E-state index in [-0.39, 0.29) is 24.2 Å². The summed E-state index contributed by atoms with van der Waals surface area (Å²) in [6.07, 6.45) is 1.53. The molecule has 0 radical (unpaired) electrons. The number of ether oxygens (including phenoxy) is 3. The molecule has 0 saturated carbocycles. The molecule has 2 amide bonds. The molecule has 176 valence electrons. The van der Waals surface area contributed by atoms with Crippen molar-refractivity contribution in [3.05, 3.63) is 47.7 Å². The lowest BCUT2D eigenvalue weighted by Gasteiger charge is -2.36. The van der Waals surface area contributed by atoms with Gasteiger partial charge in [-0.15, -0.1) is 0 Å². The second-order valence-electron chi connectivity index (χ2n) is 8.71. The fourth-order valence-electron chi connectivity index (χ4n) is 3.87. The molecule has 2 aromatic rings. The molecular weight excluding hydrogens is 424 g/mol. The highest BCUT2D eigenvalue weighted by Gasteiger charge is 2.27. The van der Waals surface area contributed by atoms with Crippen LogP contribution in [-0.4, -0.2) is 68.0 Å². The van der Waals surface area contributed by atoms with E-state index >= 15 is 0 Å². The van der Waals surface area contributed by atoms with E-state index in [1.165, 1.54) is 6.20 Å². The van der Waals surface area contributed by atoms with Crippen molar-refractivity contribution in [2.24, 2.45) is 0 Å². The minimum absolute atomic E-state index is 0.0749. The molecule has 3 heterocycles. The van der Waals surface area contributed by atoms with Crippen LogP contribution in [0.3, 0.4) is 0 Å². The Balaban J connectivity index is 1.27. The standard InChI is InChI=1S/C24H30N4O5/c1-4-31-22(29)17-5-8-21(25-14-17)27-9-11-28(12-10-27)23(30)26-15-24(2,3)18-6-7-19-20(13-18)33-16-32-19/h5-8,13-14H,4,9-12,15-16H2,1-3H3,(H,26,30). The molecule has 0 aliphatic carbocycles. The van der Waals surface area contributed by atoms with E-state index in [0.717, 1.165) is 22.9 Å². The summed E-state index contributed by atoms with van der Waals surface area (Å²) >= 11 is 0. The van der Waals surface area contributed by atoms with Crippen LogP contribution < -0.4 is 19.7 Å². The van der Waals surface area contributed by atoms with Crippen LogP contribution in [0.4, 0.5) is 10.6 Å². The third-order valence-electron chi connectivity index (χ3n) is 5.99. The van der Waals surface area contributed by atoms with Gasteiger partial charge in [0.05, 0.1) is 12.2 Å². The van der Waals surface area contributed by atoms with E-state index < -0.39 is 0 Å². The van der Waals surface area contributed by atoms with Crippen LogP contribution in [0.1, 0.15) is 36.7 Å². The van der Waals surface area contributed by atoms with Gasteiger partial charge in [0, 0.05) is 44.3 Å². The Hall–Kier alpha value is -3.49. The Labute approximate surface area is 193 Å². The summed E-state index contributed by atoms with van der Waals surface area (Å²) < 4.78 is 15.9. The van der Waals surface area contributed by atoms with Crippen LogP contribution in [0, 0.1) is 0 Å². The summed E-state index contributed by atoms with van der Waals surface area (Å²) in [6, 6.07) is 9.36. The number of rotatable bonds is 6. The number of hydrogen-bond acceptors (Lipinski definition) is 7. The quantitative estimate of drug-likeness (QED) is 0.671. The molecule has 1 aromatic carbocycles. The Morgan fingerprint density at radius 2 is 1.85 bits per heavy atom. The molecular formula is C24H30N4O5. The Bertz CT molecular complexity index is 1000. The molecule has 1 fully saturated rings. The van der Waals surface area contributed by atoms with Crippen molar-refractivity contribution in [1.29, 1.82) is 0 Å². The first-order valence-corrected chi connectivity index (χ1v) is 11.2. The number of esters is 1. The number of piperazine rings is 1. The maximum atomic E-state index is 12.8. The van der Waals surface area contributed by atoms with Gasteiger partial charge in [0.25, 0.3) is 0 Å². The van der Waals surface area contributed by atoms with Gasteiger partial charge >= 0.3 is 12.0 Å². The second kappa shape index (κ2) is 9.56. The number of urea groups is 1. The highest BCUT2D eigenvalue weighted by Crippen LogP contribution is 2.36. The average Bonchev–Trinajstić information content (AvgIpc) is 3.31. The van der Waals surface area contributed by atoms with Crippen LogP contribution in [0.5, 0.6) is 11.5 Å². The average molecular weight is 455 g/mol. The van der Waals surface area contributed by atoms with Crippen LogP contribution in [0.25, 0.3) is 0 Å². The number of amides is 2. The second-order valence-corrected chi connectivity index (χ2v) is 8.71. The van der Waals surface area contributed by atoms with Crippen LogP contribution in [-0.2, 0) is 10.2 Å². The lowest BCUT2D eigenvalue weighted by atomic mass is 9.84. The first-order valence-electron chi connectivity index (χ1n) is 11.2. The van der Waals surface area contributed by atoms with E-state index in [2.05, 4.69) is 29.0 Å². The van der Waals surface area contributed by atoms with E-state index in [1.807, 2.05) is 29.2 Å². The smallest absolute Gasteiger partial charge is 0.339 e. The third kappa shape index (κ3) is 5.13. The number of pyridine rings is 1. The largest absolute Gasteiger partial charge is 0.462 e. The molecule has 1 N–H and O–H groups in total. The van der Waals surface area contributed by atoms with Crippen molar-refractivity contribution in [3.8, 4) is 11.5 Å². The number of carbonyl (C=O) groups is 2. The number of fused-ring (bicyclic) bond motifs is 1. The summed E-state index contributed by atoms with van der Waals surface area (Å²) in [5.41, 5.74) is 1.25. The van der Waals surface area contributed by atoms with Crippen molar-refractivity contribution in [2.75, 3.05) is 51.0 Å². The molecule has 9 nitrogen and oxygen atoms in total. The summed E-state index contributed by atoms with van der Waals surface area (Å²) in [7, 11) is 0. The molecule has 0 atom stereocenters. The van der Waals surface area contributed by atoms with Gasteiger partial charge in [-0.05, 0) is 36.8 Å². The van der Waals surface area contributed by atoms with Gasteiger partial charge in [-0.2, -0.15) is 0 Å². The lowest BCUT2D eigenvalue weighted by molar-refractivity contribution is 0.0526. The number of carbonyl (C=O) groups excluding carboxylic acids is 2. The minimum Gasteiger partial charge on any atom is -0.462 e. The zero-order chi connectivity index (χ0) is 23.4. The van der Waals surface area contributed by atoms with Crippen molar-refractivity contribution in [2.45, 2.75) is 26.2 Å². The maximum Gasteiger partial charge on any atom is 0.339 e. The van der Waals surface area contributed by atoms with Gasteiger partial charge in [-0.25, -0.2) is 14.6 Å². The maximum absolute atomic E-state index is 12.8. The van der Waals surface area contributed by atoms with Gasteiger partial charge in [0.15, 0.2) is 11.5 Å². The van der Waals surface area contributed by atoms with Crippen LogP contribution in [0.15, 0.2) is 36.5 Å². The van der Waals surface area contributed by atoms with Crippen molar-refractivity contribution in [3.63, 3.8) is 0 Å². The Kier molecular flexibility index (Phi) is 6.57. The van der Waals surface area contributed by atoms with E-state index in [1.54, 1.807) is 13.0 Å². The van der Waals surface area contributed by atoms with Gasteiger partial charge in [-0.1, -0.05) is 19.9 Å². The summed E-state index contributed by atoms with van der Waals surface area (Å²) in [4.78, 5) is 32.9. The van der Waals surface area contributed by atoms with E-state index in [0.29, 0.717) is 44.9 Å². The first-order chi connectivity index (χ1) is 15.9. The monoisotopic (exact) mass is 454 g/mol. The topological polar surface area (TPSA) is 93.2 Å². The van der Waals surface area contributed by atoms with Crippen molar-refractivity contribution < 1.29 is 23.8 Å². The van der Waals surface area contributed by atoms with Crippen molar-refractivity contribution >= 4 is 17.8 Å². The number of anilines is 1. The molecule has 1 saturated heterocycles. The number of nitrogens with one attached hydrogen (secondary N) is 1. The number of benzene rings is 1. The fourth-order valence-corrected chi connectivity index (χ4v) is 3.87. The minimum atomic E-state index is -0.373. The Morgan fingerprint density at radius 3 is 2.55 bits per heavy atom. The third-order valence-corrected chi connectivity index (χ3v) is 5.99. The number of aromatic nitrogens is 1. The molecule has 4 rings (SSSR count). The molecule has 1 aromatic heterocycles. The molecule has 0 bridgehead atoms. The van der Waals surface area contributed by atoms with Gasteiger partial charge in [-0.3, -0.25) is 0 Å². The van der Waals surface area contributed by atoms with E-state index in [4.69, 9.17) is 14.2 Å². The zero-order valence-corrected chi connectivity index (χ0v) is 19.3. The van der Waals surface area contributed by atoms with Crippen LogP contribution in [0.2, 0.25) is 0 Å². The predicted octanol–water partition coefficient (Wildman–Crippen LogP) is 2.80. The van der Waals surface area contributed by atoms with Gasteiger partial charge in [0.2, 0.25) is 6.79 Å². The molecule has 2 aliphatic rings. The van der Waals surface area contributed by atoms with Crippen molar-refractivity contribution in [1.82, 2.24) is 15.2 Å². The highest BCUT2D eigenvalue weighted by atomic mass is 16.7. The Morgan fingerprint density at radius 1 is 1.09 bits per heavy atom. The molecule has 0 spiro atoms. The van der Waals surface area contributed by atoms with Gasteiger partial charge < -0.3 is 29.3 Å². The molecule has 9 heteroatoms.